The topological polar surface area (TPSA) is 75.6 Å². The molecule has 0 saturated carbocycles. The molecule has 0 bridgehead atoms. The Labute approximate surface area is 119 Å². The van der Waals surface area contributed by atoms with Crippen molar-refractivity contribution in [1.29, 1.82) is 0 Å². The predicted octanol–water partition coefficient (Wildman–Crippen LogP) is 2.48. The normalized spacial score (nSPS) is 11.2. The van der Waals surface area contributed by atoms with Crippen LogP contribution < -0.4 is 9.46 Å². The number of benzene rings is 2. The monoisotopic (exact) mass is 315 g/mol. The summed E-state index contributed by atoms with van der Waals surface area (Å²) in [6.45, 7) is 0. The van der Waals surface area contributed by atoms with Crippen molar-refractivity contribution >= 4 is 15.7 Å². The highest BCUT2D eigenvalue weighted by Crippen LogP contribution is 2.29. The number of sulfonamides is 1. The molecule has 0 atom stereocenters. The maximum absolute atomic E-state index is 13.1. The van der Waals surface area contributed by atoms with Crippen molar-refractivity contribution in [1.82, 2.24) is 0 Å². The highest BCUT2D eigenvalue weighted by molar-refractivity contribution is 7.92. The Kier molecular flexibility index (Phi) is 3.99. The van der Waals surface area contributed by atoms with E-state index in [0.29, 0.717) is 17.9 Å². The van der Waals surface area contributed by atoms with Gasteiger partial charge in [-0.1, -0.05) is 0 Å². The van der Waals surface area contributed by atoms with Crippen LogP contribution in [-0.2, 0) is 10.0 Å². The third-order valence-electron chi connectivity index (χ3n) is 2.65. The summed E-state index contributed by atoms with van der Waals surface area (Å²) >= 11 is 0. The van der Waals surface area contributed by atoms with E-state index in [1.54, 1.807) is 0 Å². The molecule has 21 heavy (non-hydrogen) atoms. The minimum atomic E-state index is -4.15. The second kappa shape index (κ2) is 5.57. The Balaban J connectivity index is 2.35. The number of methoxy groups -OCH3 is 1. The zero-order valence-electron chi connectivity index (χ0n) is 10.8. The molecule has 0 amide bonds. The number of phenolic OH excluding ortho intramolecular Hbond substituents is 1. The fourth-order valence-electron chi connectivity index (χ4n) is 1.57. The standard InChI is InChI=1S/C13H11F2NO4S/c1-20-8-2-5-12(13(17)6-8)16-21(18,19)9-3-4-10(14)11(15)7-9/h2-7,16-17H,1H3. The average Bonchev–Trinajstić information content (AvgIpc) is 2.43. The highest BCUT2D eigenvalue weighted by Gasteiger charge is 2.18. The Morgan fingerprint density at radius 2 is 1.81 bits per heavy atom. The first kappa shape index (κ1) is 15.0. The Morgan fingerprint density at radius 3 is 2.38 bits per heavy atom. The molecular formula is C13H11F2NO4S. The zero-order chi connectivity index (χ0) is 15.6. The first-order valence-corrected chi connectivity index (χ1v) is 7.16. The molecule has 2 aromatic carbocycles. The van der Waals surface area contributed by atoms with Gasteiger partial charge in [-0.25, -0.2) is 17.2 Å². The summed E-state index contributed by atoms with van der Waals surface area (Å²) in [6.07, 6.45) is 0. The number of hydrogen-bond acceptors (Lipinski definition) is 4. The van der Waals surface area contributed by atoms with Gasteiger partial charge < -0.3 is 9.84 Å². The van der Waals surface area contributed by atoms with E-state index in [1.165, 1.54) is 25.3 Å². The number of rotatable bonds is 4. The molecule has 0 heterocycles. The zero-order valence-corrected chi connectivity index (χ0v) is 11.6. The highest BCUT2D eigenvalue weighted by atomic mass is 32.2. The SMILES string of the molecule is COc1ccc(NS(=O)(=O)c2ccc(F)c(F)c2)c(O)c1. The molecule has 8 heteroatoms. The molecule has 0 spiro atoms. The van der Waals surface area contributed by atoms with Crippen molar-refractivity contribution in [2.75, 3.05) is 11.8 Å². The van der Waals surface area contributed by atoms with Gasteiger partial charge in [-0.15, -0.1) is 0 Å². The molecule has 0 aliphatic heterocycles. The Bertz CT molecular complexity index is 778. The fraction of sp³-hybridized carbons (Fsp3) is 0.0769. The Hall–Kier alpha value is -2.35. The lowest BCUT2D eigenvalue weighted by atomic mass is 10.3. The van der Waals surface area contributed by atoms with Gasteiger partial charge in [-0.2, -0.15) is 0 Å². The van der Waals surface area contributed by atoms with Gasteiger partial charge in [0.25, 0.3) is 10.0 Å². The first-order valence-electron chi connectivity index (χ1n) is 5.68. The maximum Gasteiger partial charge on any atom is 0.262 e. The maximum atomic E-state index is 13.1. The molecular weight excluding hydrogens is 304 g/mol. The van der Waals surface area contributed by atoms with E-state index >= 15 is 0 Å². The number of aromatic hydroxyl groups is 1. The van der Waals surface area contributed by atoms with E-state index in [-0.39, 0.29) is 11.4 Å². The number of ether oxygens (including phenoxy) is 1. The minimum absolute atomic E-state index is 0.111. The van der Waals surface area contributed by atoms with Gasteiger partial charge in [0.05, 0.1) is 17.7 Å². The molecule has 2 N–H and O–H groups in total. The van der Waals surface area contributed by atoms with Crippen LogP contribution in [0.2, 0.25) is 0 Å². The van der Waals surface area contributed by atoms with Crippen LogP contribution in [0.3, 0.4) is 0 Å². The van der Waals surface area contributed by atoms with Crippen molar-refractivity contribution in [2.24, 2.45) is 0 Å². The van der Waals surface area contributed by atoms with Crippen LogP contribution in [0.5, 0.6) is 11.5 Å². The first-order chi connectivity index (χ1) is 9.83. The van der Waals surface area contributed by atoms with Crippen LogP contribution in [0.25, 0.3) is 0 Å². The van der Waals surface area contributed by atoms with E-state index in [2.05, 4.69) is 4.72 Å². The third-order valence-corrected chi connectivity index (χ3v) is 4.01. The van der Waals surface area contributed by atoms with Gasteiger partial charge in [0.2, 0.25) is 0 Å². The quantitative estimate of drug-likeness (QED) is 0.850. The van der Waals surface area contributed by atoms with E-state index in [9.17, 15) is 22.3 Å². The van der Waals surface area contributed by atoms with Crippen LogP contribution in [0, 0.1) is 11.6 Å². The fourth-order valence-corrected chi connectivity index (χ4v) is 2.66. The van der Waals surface area contributed by atoms with Gasteiger partial charge in [0.15, 0.2) is 11.6 Å². The van der Waals surface area contributed by atoms with Gasteiger partial charge >= 0.3 is 0 Å². The van der Waals surface area contributed by atoms with Crippen LogP contribution in [0.1, 0.15) is 0 Å². The molecule has 5 nitrogen and oxygen atoms in total. The molecule has 0 saturated heterocycles. The summed E-state index contributed by atoms with van der Waals surface area (Å²) < 4.78 is 56.9. The molecule has 2 rings (SSSR count). The van der Waals surface area contributed by atoms with Crippen molar-refractivity contribution in [2.45, 2.75) is 4.90 Å². The van der Waals surface area contributed by atoms with Gasteiger partial charge in [0, 0.05) is 6.07 Å². The summed E-state index contributed by atoms with van der Waals surface area (Å²) in [7, 11) is -2.76. The molecule has 0 aliphatic rings. The minimum Gasteiger partial charge on any atom is -0.506 e. The second-order valence-corrected chi connectivity index (χ2v) is 5.75. The average molecular weight is 315 g/mol. The number of halogens is 2. The summed E-state index contributed by atoms with van der Waals surface area (Å²) in [4.78, 5) is -0.461. The third kappa shape index (κ3) is 3.22. The van der Waals surface area contributed by atoms with Gasteiger partial charge in [0.1, 0.15) is 11.5 Å². The second-order valence-electron chi connectivity index (χ2n) is 4.06. The summed E-state index contributed by atoms with van der Waals surface area (Å²) in [5.41, 5.74) is -0.111. The number of hydrogen-bond donors (Lipinski definition) is 2. The van der Waals surface area contributed by atoms with Crippen LogP contribution in [0.15, 0.2) is 41.3 Å². The largest absolute Gasteiger partial charge is 0.506 e. The Morgan fingerprint density at radius 1 is 1.10 bits per heavy atom. The molecule has 0 fully saturated rings. The molecule has 112 valence electrons. The predicted molar refractivity (Wildman–Crippen MR) is 71.8 cm³/mol. The lowest BCUT2D eigenvalue weighted by molar-refractivity contribution is 0.408. The smallest absolute Gasteiger partial charge is 0.262 e. The van der Waals surface area contributed by atoms with E-state index < -0.39 is 26.6 Å². The van der Waals surface area contributed by atoms with Crippen LogP contribution in [0.4, 0.5) is 14.5 Å². The molecule has 0 unspecified atom stereocenters. The van der Waals surface area contributed by atoms with Gasteiger partial charge in [-0.3, -0.25) is 4.72 Å². The lowest BCUT2D eigenvalue weighted by Crippen LogP contribution is -2.13. The van der Waals surface area contributed by atoms with Crippen LogP contribution >= 0.6 is 0 Å². The number of anilines is 1. The van der Waals surface area contributed by atoms with Crippen LogP contribution in [-0.4, -0.2) is 20.6 Å². The van der Waals surface area contributed by atoms with E-state index in [0.717, 1.165) is 6.07 Å². The summed E-state index contributed by atoms with van der Waals surface area (Å²) in [5.74, 6) is -2.46. The summed E-state index contributed by atoms with van der Waals surface area (Å²) in [6, 6.07) is 6.11. The van der Waals surface area contributed by atoms with Gasteiger partial charge in [-0.05, 0) is 30.3 Å². The van der Waals surface area contributed by atoms with E-state index in [1.807, 2.05) is 0 Å². The van der Waals surface area contributed by atoms with Crippen molar-refractivity contribution in [3.05, 3.63) is 48.0 Å². The number of phenols is 1. The van der Waals surface area contributed by atoms with Crippen molar-refractivity contribution < 1.29 is 27.0 Å². The van der Waals surface area contributed by atoms with E-state index in [4.69, 9.17) is 4.74 Å². The number of nitrogens with one attached hydrogen (secondary N) is 1. The molecule has 2 aromatic rings. The van der Waals surface area contributed by atoms with Crippen molar-refractivity contribution in [3.8, 4) is 11.5 Å². The summed E-state index contributed by atoms with van der Waals surface area (Å²) in [5, 5.41) is 9.69. The van der Waals surface area contributed by atoms with Crippen molar-refractivity contribution in [3.63, 3.8) is 0 Å². The molecule has 0 aromatic heterocycles. The molecule has 0 aliphatic carbocycles. The molecule has 0 radical (unpaired) electrons. The lowest BCUT2D eigenvalue weighted by Gasteiger charge is -2.10.